The first-order valence-corrected chi connectivity index (χ1v) is 6.47. The monoisotopic (exact) mass is 253 g/mol. The van der Waals surface area contributed by atoms with E-state index >= 15 is 0 Å². The molecule has 0 saturated carbocycles. The third-order valence-electron chi connectivity index (χ3n) is 3.74. The van der Waals surface area contributed by atoms with Crippen molar-refractivity contribution in [3.63, 3.8) is 0 Å². The van der Waals surface area contributed by atoms with E-state index in [2.05, 4.69) is 23.1 Å². The molecule has 3 nitrogen and oxygen atoms in total. The minimum atomic E-state index is 0.433. The first kappa shape index (κ1) is 12.1. The molecule has 3 rings (SSSR count). The van der Waals surface area contributed by atoms with Crippen molar-refractivity contribution < 1.29 is 9.47 Å². The summed E-state index contributed by atoms with van der Waals surface area (Å²) < 4.78 is 10.7. The number of methoxy groups -OCH3 is 2. The van der Waals surface area contributed by atoms with Gasteiger partial charge in [-0.25, -0.2) is 0 Å². The summed E-state index contributed by atoms with van der Waals surface area (Å²) in [5.41, 5.74) is 3.82. The number of rotatable bonds is 3. The van der Waals surface area contributed by atoms with Crippen LogP contribution in [0.5, 0.6) is 11.5 Å². The van der Waals surface area contributed by atoms with E-state index < -0.39 is 0 Å². The lowest BCUT2D eigenvalue weighted by molar-refractivity contribution is 0.355. The van der Waals surface area contributed by atoms with Crippen molar-refractivity contribution in [3.05, 3.63) is 42.0 Å². The number of ether oxygens (including phenoxy) is 2. The average molecular weight is 253 g/mol. The highest BCUT2D eigenvalue weighted by molar-refractivity contribution is 6.83. The van der Waals surface area contributed by atoms with Gasteiger partial charge in [-0.15, -0.1) is 5.98 Å². The second-order valence-corrected chi connectivity index (χ2v) is 4.73. The van der Waals surface area contributed by atoms with E-state index in [1.165, 1.54) is 16.7 Å². The number of allylic oxidation sites excluding steroid dienone is 2. The van der Waals surface area contributed by atoms with Crippen LogP contribution in [0.1, 0.15) is 12.0 Å². The summed E-state index contributed by atoms with van der Waals surface area (Å²) in [6, 6.07) is 6.10. The Labute approximate surface area is 113 Å². The Balaban J connectivity index is 1.95. The van der Waals surface area contributed by atoms with Gasteiger partial charge in [0, 0.05) is 12.1 Å². The summed E-state index contributed by atoms with van der Waals surface area (Å²) >= 11 is 0. The van der Waals surface area contributed by atoms with Gasteiger partial charge in [-0.2, -0.15) is 0 Å². The number of hydrogen-bond acceptors (Lipinski definition) is 3. The number of benzene rings is 1. The van der Waals surface area contributed by atoms with E-state index in [1.807, 2.05) is 18.3 Å². The first-order valence-electron chi connectivity index (χ1n) is 6.47. The molecule has 4 heteroatoms. The van der Waals surface area contributed by atoms with E-state index in [9.17, 15) is 0 Å². The predicted octanol–water partition coefficient (Wildman–Crippen LogP) is 2.43. The van der Waals surface area contributed by atoms with Crippen LogP contribution in [0, 0.1) is 5.92 Å². The number of hydrogen-bond donors (Lipinski definition) is 0. The largest absolute Gasteiger partial charge is 0.493 e. The van der Waals surface area contributed by atoms with Gasteiger partial charge < -0.3 is 9.47 Å². The molecular weight excluding hydrogens is 237 g/mol. The molecule has 1 unspecified atom stereocenters. The van der Waals surface area contributed by atoms with Gasteiger partial charge in [0.15, 0.2) is 11.5 Å². The van der Waals surface area contributed by atoms with E-state index in [-0.39, 0.29) is 0 Å². The molecule has 0 saturated heterocycles. The number of nitrogens with zero attached hydrogens (tertiary/aromatic N) is 1. The summed E-state index contributed by atoms with van der Waals surface area (Å²) in [6.07, 6.45) is 5.09. The standard InChI is InChI=1S/C15H16BNO2/c1-18-13-6-5-10(8-14(13)19-2)12-9-16-15-11(12)4-3-7-17-15/h3,5-9,11,16H,4H2,1-2H3. The Morgan fingerprint density at radius 3 is 2.84 bits per heavy atom. The molecule has 2 aliphatic rings. The SMILES string of the molecule is COc1ccc(C2=CBC3=NC=CCC23)cc1OC. The van der Waals surface area contributed by atoms with Crippen LogP contribution in [0.15, 0.2) is 41.4 Å². The molecule has 0 fully saturated rings. The molecule has 0 aromatic heterocycles. The zero-order chi connectivity index (χ0) is 13.2. The highest BCUT2D eigenvalue weighted by Crippen LogP contribution is 2.37. The van der Waals surface area contributed by atoms with Crippen LogP contribution in [-0.2, 0) is 0 Å². The first-order chi connectivity index (χ1) is 9.33. The van der Waals surface area contributed by atoms with Gasteiger partial charge in [0.2, 0.25) is 7.28 Å². The molecule has 1 aromatic rings. The fourth-order valence-corrected chi connectivity index (χ4v) is 2.76. The number of fused-ring (bicyclic) bond motifs is 1. The van der Waals surface area contributed by atoms with Crippen LogP contribution in [-0.4, -0.2) is 27.1 Å². The molecule has 96 valence electrons. The second kappa shape index (κ2) is 4.96. The zero-order valence-corrected chi connectivity index (χ0v) is 11.2. The van der Waals surface area contributed by atoms with E-state index in [4.69, 9.17) is 9.47 Å². The maximum atomic E-state index is 5.38. The van der Waals surface area contributed by atoms with Gasteiger partial charge in [0.25, 0.3) is 0 Å². The van der Waals surface area contributed by atoms with E-state index in [0.29, 0.717) is 5.92 Å². The summed E-state index contributed by atoms with van der Waals surface area (Å²) in [5.74, 6) is 4.25. The van der Waals surface area contributed by atoms with Crippen molar-refractivity contribution >= 4 is 18.5 Å². The molecule has 0 aliphatic carbocycles. The van der Waals surface area contributed by atoms with Crippen molar-refractivity contribution in [1.82, 2.24) is 0 Å². The van der Waals surface area contributed by atoms with Crippen LogP contribution >= 0.6 is 0 Å². The minimum absolute atomic E-state index is 0.433. The molecule has 0 amide bonds. The average Bonchev–Trinajstić information content (AvgIpc) is 2.90. The van der Waals surface area contributed by atoms with Gasteiger partial charge in [-0.3, -0.25) is 4.99 Å². The van der Waals surface area contributed by atoms with Gasteiger partial charge in [0.05, 0.1) is 14.2 Å². The molecule has 1 atom stereocenters. The molecule has 1 aromatic carbocycles. The topological polar surface area (TPSA) is 30.8 Å². The van der Waals surface area contributed by atoms with Crippen LogP contribution in [0.2, 0.25) is 0 Å². The summed E-state index contributed by atoms with van der Waals surface area (Å²) in [6.45, 7) is 0. The minimum Gasteiger partial charge on any atom is -0.493 e. The zero-order valence-electron chi connectivity index (χ0n) is 11.2. The Kier molecular flexibility index (Phi) is 3.16. The smallest absolute Gasteiger partial charge is 0.203 e. The van der Waals surface area contributed by atoms with Crippen molar-refractivity contribution in [2.75, 3.05) is 14.2 Å². The molecule has 2 heterocycles. The summed E-state index contributed by atoms with van der Waals surface area (Å²) in [7, 11) is 4.28. The van der Waals surface area contributed by atoms with Crippen LogP contribution in [0.3, 0.4) is 0 Å². The lowest BCUT2D eigenvalue weighted by Crippen LogP contribution is -2.15. The van der Waals surface area contributed by atoms with E-state index in [1.54, 1.807) is 14.2 Å². The third kappa shape index (κ3) is 2.07. The van der Waals surface area contributed by atoms with Crippen molar-refractivity contribution in [1.29, 1.82) is 0 Å². The molecule has 0 radical (unpaired) electrons. The van der Waals surface area contributed by atoms with Gasteiger partial charge in [-0.05, 0) is 35.3 Å². The summed E-state index contributed by atoms with van der Waals surface area (Å²) in [5, 5.41) is 0. The Morgan fingerprint density at radius 2 is 2.05 bits per heavy atom. The van der Waals surface area contributed by atoms with E-state index in [0.717, 1.165) is 25.2 Å². The quantitative estimate of drug-likeness (QED) is 0.774. The van der Waals surface area contributed by atoms with Gasteiger partial charge in [0.1, 0.15) is 0 Å². The molecule has 0 N–H and O–H groups in total. The lowest BCUT2D eigenvalue weighted by Gasteiger charge is -2.18. The fraction of sp³-hybridized carbons (Fsp3) is 0.267. The molecule has 2 aliphatic heterocycles. The normalized spacial score (nSPS) is 20.2. The molecule has 19 heavy (non-hydrogen) atoms. The Hall–Kier alpha value is -1.97. The van der Waals surface area contributed by atoms with Gasteiger partial charge in [-0.1, -0.05) is 12.1 Å². The lowest BCUT2D eigenvalue weighted by atomic mass is 9.73. The predicted molar refractivity (Wildman–Crippen MR) is 79.4 cm³/mol. The van der Waals surface area contributed by atoms with Crippen LogP contribution in [0.25, 0.3) is 5.57 Å². The Morgan fingerprint density at radius 1 is 1.21 bits per heavy atom. The maximum Gasteiger partial charge on any atom is 0.203 e. The maximum absolute atomic E-state index is 5.38. The van der Waals surface area contributed by atoms with Crippen LogP contribution in [0.4, 0.5) is 0 Å². The van der Waals surface area contributed by atoms with Crippen molar-refractivity contribution in [2.45, 2.75) is 6.42 Å². The Bertz CT molecular complexity index is 590. The van der Waals surface area contributed by atoms with Crippen molar-refractivity contribution in [3.8, 4) is 11.5 Å². The number of aliphatic imine (C=N–C) groups is 1. The highest BCUT2D eigenvalue weighted by atomic mass is 16.5. The molecule has 0 bridgehead atoms. The summed E-state index contributed by atoms with van der Waals surface area (Å²) in [4.78, 5) is 4.47. The van der Waals surface area contributed by atoms with Gasteiger partial charge >= 0.3 is 0 Å². The second-order valence-electron chi connectivity index (χ2n) is 4.73. The molecular formula is C15H16BNO2. The van der Waals surface area contributed by atoms with Crippen molar-refractivity contribution in [2.24, 2.45) is 10.9 Å². The molecule has 0 spiro atoms. The third-order valence-corrected chi connectivity index (χ3v) is 3.74. The highest BCUT2D eigenvalue weighted by Gasteiger charge is 2.27. The van der Waals surface area contributed by atoms with Crippen LogP contribution < -0.4 is 9.47 Å². The fourth-order valence-electron chi connectivity index (χ4n) is 2.76.